The Hall–Kier alpha value is -2.59. The molecule has 4 nitrogen and oxygen atoms in total. The van der Waals surface area contributed by atoms with Gasteiger partial charge in [-0.3, -0.25) is 4.99 Å². The van der Waals surface area contributed by atoms with E-state index in [4.69, 9.17) is 4.99 Å². The van der Waals surface area contributed by atoms with Crippen molar-refractivity contribution in [2.75, 3.05) is 4.90 Å². The lowest BCUT2D eigenvalue weighted by molar-refractivity contribution is 0.176. The molecule has 0 N–H and O–H groups in total. The maximum absolute atomic E-state index is 9.28. The largest absolute Gasteiger partial charge is 0.318 e. The first-order chi connectivity index (χ1) is 12.8. The summed E-state index contributed by atoms with van der Waals surface area (Å²) in [5.74, 6) is 0.597. The maximum Gasteiger partial charge on any atom is 0.139 e. The topological polar surface area (TPSA) is 63.2 Å². The summed E-state index contributed by atoms with van der Waals surface area (Å²) in [6, 6.07) is 10.0. The fourth-order valence-electron chi connectivity index (χ4n) is 5.61. The van der Waals surface area contributed by atoms with Crippen LogP contribution in [0.1, 0.15) is 57.8 Å². The first-order valence-corrected chi connectivity index (χ1v) is 9.82. The first kappa shape index (κ1) is 15.6. The van der Waals surface area contributed by atoms with Crippen molar-refractivity contribution in [3.63, 3.8) is 0 Å². The Morgan fingerprint density at radius 2 is 1.96 bits per heavy atom. The molecule has 2 aliphatic carbocycles. The van der Waals surface area contributed by atoms with Crippen molar-refractivity contribution in [2.45, 2.75) is 63.5 Å². The van der Waals surface area contributed by atoms with E-state index in [0.29, 0.717) is 5.92 Å². The van der Waals surface area contributed by atoms with Gasteiger partial charge < -0.3 is 4.90 Å². The zero-order chi connectivity index (χ0) is 17.7. The van der Waals surface area contributed by atoms with Crippen LogP contribution < -0.4 is 15.5 Å². The van der Waals surface area contributed by atoms with Crippen LogP contribution in [-0.2, 0) is 0 Å². The Morgan fingerprint density at radius 3 is 2.81 bits per heavy atom. The second-order valence-electron chi connectivity index (χ2n) is 8.03. The Labute approximate surface area is 153 Å². The summed E-state index contributed by atoms with van der Waals surface area (Å²) in [7, 11) is 0. The second-order valence-corrected chi connectivity index (χ2v) is 8.03. The molecule has 130 valence electrons. The molecule has 0 aromatic heterocycles. The number of anilines is 1. The minimum atomic E-state index is -0.116. The monoisotopic (exact) mass is 342 g/mol. The number of allylic oxidation sites excluding steroid dienone is 2. The molecule has 1 saturated carbocycles. The molecule has 4 heteroatoms. The van der Waals surface area contributed by atoms with Crippen molar-refractivity contribution >= 4 is 11.3 Å². The summed E-state index contributed by atoms with van der Waals surface area (Å²) in [6.07, 6.45) is 11.0. The van der Waals surface area contributed by atoms with Crippen LogP contribution >= 0.6 is 0 Å². The van der Waals surface area contributed by atoms with Crippen molar-refractivity contribution in [1.29, 1.82) is 10.5 Å². The van der Waals surface area contributed by atoms with Gasteiger partial charge in [0.15, 0.2) is 0 Å². The molecular formula is C22H22N4. The van der Waals surface area contributed by atoms with E-state index in [-0.39, 0.29) is 11.2 Å². The van der Waals surface area contributed by atoms with Crippen LogP contribution in [0.25, 0.3) is 5.57 Å². The van der Waals surface area contributed by atoms with Crippen molar-refractivity contribution < 1.29 is 0 Å². The standard InChI is InChI=1S/C22H22N4/c23-13-17(14-24)15-8-9-19-21(12-15)26-20-7-2-1-5-16(20)11-18-6-3-4-10-22(18,26)25-19/h8-9,12,18H,1-7,10-11H2/t18-,22-/m1/s1. The lowest BCUT2D eigenvalue weighted by atomic mass is 9.70. The highest BCUT2D eigenvalue weighted by atomic mass is 15.4. The van der Waals surface area contributed by atoms with Gasteiger partial charge in [-0.1, -0.05) is 18.1 Å². The summed E-state index contributed by atoms with van der Waals surface area (Å²) in [4.78, 5) is 7.83. The van der Waals surface area contributed by atoms with E-state index < -0.39 is 0 Å². The van der Waals surface area contributed by atoms with E-state index in [1.807, 2.05) is 30.3 Å². The number of hydrogen-bond acceptors (Lipinski definition) is 4. The second kappa shape index (κ2) is 5.71. The number of fused-ring (bicyclic) bond motifs is 3. The lowest BCUT2D eigenvalue weighted by Crippen LogP contribution is -2.55. The van der Waals surface area contributed by atoms with Gasteiger partial charge >= 0.3 is 0 Å². The zero-order valence-corrected chi connectivity index (χ0v) is 15.0. The molecule has 2 atom stereocenters. The van der Waals surface area contributed by atoms with E-state index in [1.54, 1.807) is 5.57 Å². The highest BCUT2D eigenvalue weighted by molar-refractivity contribution is 5.74. The average Bonchev–Trinajstić information content (AvgIpc) is 3.01. The molecule has 1 spiro atoms. The average molecular weight is 342 g/mol. The summed E-state index contributed by atoms with van der Waals surface area (Å²) in [5.41, 5.74) is 4.31. The van der Waals surface area contributed by atoms with Gasteiger partial charge in [0.05, 0.1) is 11.0 Å². The number of hydrogen-bond donors (Lipinski definition) is 0. The van der Waals surface area contributed by atoms with E-state index in [0.717, 1.165) is 29.1 Å². The van der Waals surface area contributed by atoms with Crippen LogP contribution in [0, 0.1) is 28.6 Å². The molecule has 0 bridgehead atoms. The Morgan fingerprint density at radius 1 is 1.12 bits per heavy atom. The van der Waals surface area contributed by atoms with Crippen LogP contribution in [0.3, 0.4) is 0 Å². The summed E-state index contributed by atoms with van der Waals surface area (Å²) >= 11 is 0. The molecule has 26 heavy (non-hydrogen) atoms. The molecule has 5 rings (SSSR count). The fraction of sp³-hybridized carbons (Fsp3) is 0.500. The van der Waals surface area contributed by atoms with Crippen LogP contribution in [0.5, 0.6) is 0 Å². The van der Waals surface area contributed by atoms with E-state index in [1.165, 1.54) is 50.6 Å². The smallest absolute Gasteiger partial charge is 0.139 e. The molecule has 0 unspecified atom stereocenters. The SMILES string of the molecule is N#CC(C#N)=c1ccc2c(c1)N1C3=C(CCCC3)C[C@H]3CCCC[C@]31N=2. The van der Waals surface area contributed by atoms with Gasteiger partial charge in [0, 0.05) is 16.8 Å². The normalized spacial score (nSPS) is 28.7. The minimum Gasteiger partial charge on any atom is -0.318 e. The third kappa shape index (κ3) is 2.02. The molecule has 0 saturated heterocycles. The molecule has 0 amide bonds. The van der Waals surface area contributed by atoms with Crippen LogP contribution in [-0.4, -0.2) is 5.66 Å². The van der Waals surface area contributed by atoms with Gasteiger partial charge in [0.25, 0.3) is 0 Å². The highest BCUT2D eigenvalue weighted by Gasteiger charge is 2.53. The van der Waals surface area contributed by atoms with Gasteiger partial charge in [0.2, 0.25) is 0 Å². The molecule has 1 fully saturated rings. The van der Waals surface area contributed by atoms with Gasteiger partial charge in [0.1, 0.15) is 23.4 Å². The number of benzene rings is 1. The van der Waals surface area contributed by atoms with Gasteiger partial charge in [-0.25, -0.2) is 0 Å². The number of rotatable bonds is 0. The van der Waals surface area contributed by atoms with Gasteiger partial charge in [-0.2, -0.15) is 10.5 Å². The Balaban J connectivity index is 1.77. The quantitative estimate of drug-likeness (QED) is 0.725. The predicted octanol–water partition coefficient (Wildman–Crippen LogP) is 3.44. The van der Waals surface area contributed by atoms with Crippen LogP contribution in [0.15, 0.2) is 34.5 Å². The number of nitriles is 2. The van der Waals surface area contributed by atoms with Crippen molar-refractivity contribution in [1.82, 2.24) is 0 Å². The third-order valence-corrected chi connectivity index (χ3v) is 6.74. The minimum absolute atomic E-state index is 0.116. The van der Waals surface area contributed by atoms with Crippen LogP contribution in [0.4, 0.5) is 5.69 Å². The fourth-order valence-corrected chi connectivity index (χ4v) is 5.61. The predicted molar refractivity (Wildman–Crippen MR) is 99.1 cm³/mol. The lowest BCUT2D eigenvalue weighted by Gasteiger charge is -2.52. The van der Waals surface area contributed by atoms with E-state index in [9.17, 15) is 10.5 Å². The maximum atomic E-state index is 9.28. The summed E-state index contributed by atoms with van der Waals surface area (Å²) in [5, 5.41) is 20.3. The Bertz CT molecular complexity index is 1000. The molecule has 2 heterocycles. The number of nitrogens with zero attached hydrogens (tertiary/aromatic N) is 4. The summed E-state index contributed by atoms with van der Waals surface area (Å²) in [6.45, 7) is 0. The van der Waals surface area contributed by atoms with Gasteiger partial charge in [-0.15, -0.1) is 0 Å². The van der Waals surface area contributed by atoms with Crippen molar-refractivity contribution in [3.05, 3.63) is 40.0 Å². The molecular weight excluding hydrogens is 320 g/mol. The van der Waals surface area contributed by atoms with E-state index in [2.05, 4.69) is 4.90 Å². The van der Waals surface area contributed by atoms with Gasteiger partial charge in [-0.05, 0) is 63.5 Å². The zero-order valence-electron chi connectivity index (χ0n) is 15.0. The molecule has 1 aromatic carbocycles. The highest BCUT2D eigenvalue weighted by Crippen LogP contribution is 2.53. The summed E-state index contributed by atoms with van der Waals surface area (Å²) < 4.78 is 0. The molecule has 4 aliphatic rings. The van der Waals surface area contributed by atoms with Crippen molar-refractivity contribution in [3.8, 4) is 12.1 Å². The van der Waals surface area contributed by atoms with Crippen molar-refractivity contribution in [2.24, 2.45) is 10.9 Å². The molecule has 2 aliphatic heterocycles. The first-order valence-electron chi connectivity index (χ1n) is 9.82. The molecule has 0 radical (unpaired) electrons. The van der Waals surface area contributed by atoms with E-state index >= 15 is 0 Å². The Kier molecular flexibility index (Phi) is 3.44. The third-order valence-electron chi connectivity index (χ3n) is 6.74. The van der Waals surface area contributed by atoms with Crippen LogP contribution in [0.2, 0.25) is 0 Å². The molecule has 1 aromatic rings.